The summed E-state index contributed by atoms with van der Waals surface area (Å²) in [5.41, 5.74) is 8.87. The maximum atomic E-state index is 9.05. The van der Waals surface area contributed by atoms with Crippen molar-refractivity contribution in [2.24, 2.45) is 5.11 Å². The average Bonchev–Trinajstić information content (AvgIpc) is 2.35. The molecule has 88 valence electrons. The Morgan fingerprint density at radius 2 is 2.29 bits per heavy atom. The maximum absolute atomic E-state index is 9.05. The summed E-state index contributed by atoms with van der Waals surface area (Å²) in [5.74, 6) is 0. The Morgan fingerprint density at radius 3 is 2.94 bits per heavy atom. The van der Waals surface area contributed by atoms with E-state index in [1.807, 2.05) is 18.2 Å². The van der Waals surface area contributed by atoms with E-state index in [1.165, 1.54) is 0 Å². The molecule has 0 saturated heterocycles. The van der Waals surface area contributed by atoms with Gasteiger partial charge in [-0.05, 0) is 24.6 Å². The summed E-state index contributed by atoms with van der Waals surface area (Å²) in [5, 5.41) is 16.1. The zero-order valence-electron chi connectivity index (χ0n) is 9.17. The van der Waals surface area contributed by atoms with E-state index >= 15 is 0 Å². The van der Waals surface area contributed by atoms with Crippen molar-refractivity contribution in [3.63, 3.8) is 0 Å². The second kappa shape index (κ2) is 7.53. The van der Waals surface area contributed by atoms with Crippen molar-refractivity contribution in [3.05, 3.63) is 45.3 Å². The molecule has 0 aliphatic carbocycles. The molecule has 1 rings (SSSR count). The lowest BCUT2D eigenvalue weighted by Crippen LogP contribution is -2.21. The topological polar surface area (TPSA) is 84.6 Å². The van der Waals surface area contributed by atoms with Crippen LogP contribution in [0.3, 0.4) is 0 Å². The third kappa shape index (κ3) is 4.33. The van der Waals surface area contributed by atoms with Crippen molar-refractivity contribution in [2.45, 2.75) is 12.5 Å². The SMILES string of the molecule is N#CC(NCCCN=[N+]=[N-])c1ccccc1Cl. The summed E-state index contributed by atoms with van der Waals surface area (Å²) < 4.78 is 0. The van der Waals surface area contributed by atoms with Crippen LogP contribution in [0, 0.1) is 11.3 Å². The summed E-state index contributed by atoms with van der Waals surface area (Å²) >= 11 is 6.00. The van der Waals surface area contributed by atoms with Crippen molar-refractivity contribution in [3.8, 4) is 6.07 Å². The monoisotopic (exact) mass is 249 g/mol. The summed E-state index contributed by atoms with van der Waals surface area (Å²) in [7, 11) is 0. The van der Waals surface area contributed by atoms with Crippen molar-refractivity contribution in [2.75, 3.05) is 13.1 Å². The van der Waals surface area contributed by atoms with Crippen LogP contribution in [-0.4, -0.2) is 13.1 Å². The Hall–Kier alpha value is -1.73. The van der Waals surface area contributed by atoms with Crippen molar-refractivity contribution in [1.29, 1.82) is 5.26 Å². The number of halogens is 1. The Bertz CT molecular complexity index is 447. The average molecular weight is 250 g/mol. The summed E-state index contributed by atoms with van der Waals surface area (Å²) in [6, 6.07) is 8.95. The zero-order valence-corrected chi connectivity index (χ0v) is 9.93. The van der Waals surface area contributed by atoms with Gasteiger partial charge < -0.3 is 0 Å². The third-order valence-corrected chi connectivity index (χ3v) is 2.54. The number of hydrogen-bond donors (Lipinski definition) is 1. The van der Waals surface area contributed by atoms with Crippen LogP contribution in [0.2, 0.25) is 5.02 Å². The van der Waals surface area contributed by atoms with Crippen LogP contribution in [0.1, 0.15) is 18.0 Å². The summed E-state index contributed by atoms with van der Waals surface area (Å²) in [6.45, 7) is 1.02. The molecule has 5 nitrogen and oxygen atoms in total. The Balaban J connectivity index is 2.53. The zero-order chi connectivity index (χ0) is 12.5. The van der Waals surface area contributed by atoms with Crippen LogP contribution in [0.25, 0.3) is 10.4 Å². The molecule has 0 radical (unpaired) electrons. The smallest absolute Gasteiger partial charge is 0.122 e. The number of nitriles is 1. The van der Waals surface area contributed by atoms with Gasteiger partial charge in [0.25, 0.3) is 0 Å². The Kier molecular flexibility index (Phi) is 5.91. The number of azide groups is 1. The van der Waals surface area contributed by atoms with Crippen molar-refractivity contribution >= 4 is 11.6 Å². The Labute approximate surface area is 105 Å². The van der Waals surface area contributed by atoms with Crippen LogP contribution in [-0.2, 0) is 0 Å². The number of hydrogen-bond acceptors (Lipinski definition) is 3. The number of benzene rings is 1. The van der Waals surface area contributed by atoms with E-state index < -0.39 is 6.04 Å². The van der Waals surface area contributed by atoms with Crippen LogP contribution in [0.5, 0.6) is 0 Å². The van der Waals surface area contributed by atoms with Gasteiger partial charge in [0, 0.05) is 22.0 Å². The molecule has 0 heterocycles. The fraction of sp³-hybridized carbons (Fsp3) is 0.364. The fourth-order valence-electron chi connectivity index (χ4n) is 1.38. The van der Waals surface area contributed by atoms with Crippen molar-refractivity contribution in [1.82, 2.24) is 5.32 Å². The molecular formula is C11H12ClN5. The highest BCUT2D eigenvalue weighted by Crippen LogP contribution is 2.21. The first kappa shape index (κ1) is 13.3. The lowest BCUT2D eigenvalue weighted by atomic mass is 10.1. The summed E-state index contributed by atoms with van der Waals surface area (Å²) in [6.07, 6.45) is 0.687. The molecule has 0 fully saturated rings. The summed E-state index contributed by atoms with van der Waals surface area (Å²) in [4.78, 5) is 2.66. The molecule has 1 atom stereocenters. The molecule has 6 heteroatoms. The highest BCUT2D eigenvalue weighted by Gasteiger charge is 2.11. The van der Waals surface area contributed by atoms with Gasteiger partial charge in [-0.15, -0.1) is 0 Å². The third-order valence-electron chi connectivity index (χ3n) is 2.19. The molecule has 1 unspecified atom stereocenters. The van der Waals surface area contributed by atoms with Gasteiger partial charge in [0.05, 0.1) is 6.07 Å². The van der Waals surface area contributed by atoms with E-state index in [2.05, 4.69) is 21.4 Å². The highest BCUT2D eigenvalue weighted by molar-refractivity contribution is 6.31. The predicted octanol–water partition coefficient (Wildman–Crippen LogP) is 3.19. The van der Waals surface area contributed by atoms with Gasteiger partial charge >= 0.3 is 0 Å². The normalized spacial score (nSPS) is 11.3. The van der Waals surface area contributed by atoms with Crippen LogP contribution in [0.15, 0.2) is 29.4 Å². The quantitative estimate of drug-likeness (QED) is 0.363. The first-order chi connectivity index (χ1) is 8.29. The first-order valence-corrected chi connectivity index (χ1v) is 5.55. The van der Waals surface area contributed by atoms with Crippen LogP contribution in [0.4, 0.5) is 0 Å². The minimum Gasteiger partial charge on any atom is -0.298 e. The van der Waals surface area contributed by atoms with Crippen LogP contribution >= 0.6 is 11.6 Å². The van der Waals surface area contributed by atoms with Crippen LogP contribution < -0.4 is 5.32 Å². The Morgan fingerprint density at radius 1 is 1.53 bits per heavy atom. The van der Waals surface area contributed by atoms with Gasteiger partial charge in [0.15, 0.2) is 0 Å². The lowest BCUT2D eigenvalue weighted by molar-refractivity contribution is 0.607. The second-order valence-electron chi connectivity index (χ2n) is 3.35. The van der Waals surface area contributed by atoms with Crippen molar-refractivity contribution < 1.29 is 0 Å². The van der Waals surface area contributed by atoms with Gasteiger partial charge in [-0.3, -0.25) is 5.32 Å². The van der Waals surface area contributed by atoms with E-state index in [-0.39, 0.29) is 0 Å². The van der Waals surface area contributed by atoms with E-state index in [4.69, 9.17) is 22.4 Å². The van der Waals surface area contributed by atoms with Gasteiger partial charge in [0.1, 0.15) is 6.04 Å². The molecular weight excluding hydrogens is 238 g/mol. The van der Waals surface area contributed by atoms with Gasteiger partial charge in [-0.2, -0.15) is 5.26 Å². The predicted molar refractivity (Wildman–Crippen MR) is 66.4 cm³/mol. The molecule has 0 spiro atoms. The minimum absolute atomic E-state index is 0.421. The minimum atomic E-state index is -0.435. The molecule has 1 aromatic carbocycles. The number of nitrogens with one attached hydrogen (secondary N) is 1. The highest BCUT2D eigenvalue weighted by atomic mass is 35.5. The molecule has 1 aromatic rings. The largest absolute Gasteiger partial charge is 0.298 e. The molecule has 0 aliphatic rings. The van der Waals surface area contributed by atoms with E-state index in [9.17, 15) is 0 Å². The first-order valence-electron chi connectivity index (χ1n) is 5.18. The van der Waals surface area contributed by atoms with Gasteiger partial charge in [-0.25, -0.2) is 0 Å². The van der Waals surface area contributed by atoms with E-state index in [0.717, 1.165) is 5.56 Å². The molecule has 0 saturated carbocycles. The maximum Gasteiger partial charge on any atom is 0.122 e. The molecule has 0 aliphatic heterocycles. The fourth-order valence-corrected chi connectivity index (χ4v) is 1.62. The van der Waals surface area contributed by atoms with E-state index in [0.29, 0.717) is 24.5 Å². The molecule has 0 amide bonds. The molecule has 0 aromatic heterocycles. The standard InChI is InChI=1S/C11H12ClN5/c12-10-5-2-1-4-9(10)11(8-13)15-6-3-7-16-17-14/h1-2,4-5,11,15H,3,6-7H2. The van der Waals surface area contributed by atoms with Gasteiger partial charge in [-0.1, -0.05) is 34.9 Å². The van der Waals surface area contributed by atoms with Gasteiger partial charge in [0.2, 0.25) is 0 Å². The van der Waals surface area contributed by atoms with E-state index in [1.54, 1.807) is 6.07 Å². The molecule has 1 N–H and O–H groups in total. The number of rotatable bonds is 6. The lowest BCUT2D eigenvalue weighted by Gasteiger charge is -2.12. The molecule has 0 bridgehead atoms. The number of nitrogens with zero attached hydrogens (tertiary/aromatic N) is 4. The molecule has 17 heavy (non-hydrogen) atoms. The second-order valence-corrected chi connectivity index (χ2v) is 3.75.